The number of imidazole rings is 3. The lowest BCUT2D eigenvalue weighted by molar-refractivity contribution is 0.917. The number of aromatic nitrogens is 6. The van der Waals surface area contributed by atoms with Crippen molar-refractivity contribution in [1.29, 1.82) is 0 Å². The largest absolute Gasteiger partial charge is 0.278 e. The van der Waals surface area contributed by atoms with Gasteiger partial charge in [-0.1, -0.05) is 91.0 Å². The van der Waals surface area contributed by atoms with Gasteiger partial charge >= 0.3 is 0 Å². The number of anilines is 3. The maximum Gasteiger partial charge on any atom is 0.225 e. The molecule has 3 aromatic heterocycles. The molecule has 0 aliphatic carbocycles. The first-order chi connectivity index (χ1) is 22.8. The maximum absolute atomic E-state index is 5.33. The zero-order valence-electron chi connectivity index (χ0n) is 24.7. The van der Waals surface area contributed by atoms with E-state index < -0.39 is 0 Å². The molecule has 0 N–H and O–H groups in total. The van der Waals surface area contributed by atoms with E-state index in [0.717, 1.165) is 50.2 Å². The van der Waals surface area contributed by atoms with Crippen molar-refractivity contribution in [3.8, 4) is 17.1 Å². The molecule has 6 aromatic carbocycles. The number of hydrogen-bond donors (Lipinski definition) is 0. The van der Waals surface area contributed by atoms with Gasteiger partial charge in [0.25, 0.3) is 0 Å². The molecule has 0 aliphatic heterocycles. The second kappa shape index (κ2) is 10.6. The quantitative estimate of drug-likeness (QED) is 0.193. The van der Waals surface area contributed by atoms with Crippen LogP contribution in [0.15, 0.2) is 164 Å². The molecule has 9 aromatic rings. The fraction of sp³-hybridized carbons (Fsp3) is 0. The van der Waals surface area contributed by atoms with E-state index >= 15 is 0 Å². The van der Waals surface area contributed by atoms with Crippen molar-refractivity contribution in [3.63, 3.8) is 0 Å². The minimum Gasteiger partial charge on any atom is -0.278 e. The van der Waals surface area contributed by atoms with Crippen molar-refractivity contribution >= 4 is 50.9 Å². The summed E-state index contributed by atoms with van der Waals surface area (Å²) in [5, 5.41) is 0. The van der Waals surface area contributed by atoms with Crippen LogP contribution in [-0.4, -0.2) is 28.7 Å². The lowest BCUT2D eigenvalue weighted by Crippen LogP contribution is -2.22. The average Bonchev–Trinajstić information content (AvgIpc) is 3.81. The standard InChI is InChI=1S/C39H27N7/c1-4-16-28(17-5-1)43-34-25-13-10-22-31(34)40-37(43)46(38-41-32-23-11-14-26-35(32)44(38)29-18-6-2-7-19-29)39-42-33-24-12-15-27-36(33)45(39)30-20-8-3-9-21-30/h1-27H. The van der Waals surface area contributed by atoms with Gasteiger partial charge in [-0.15, -0.1) is 0 Å². The Balaban J connectivity index is 1.46. The van der Waals surface area contributed by atoms with E-state index in [9.17, 15) is 0 Å². The van der Waals surface area contributed by atoms with Crippen LogP contribution in [0.3, 0.4) is 0 Å². The predicted octanol–water partition coefficient (Wildman–Crippen LogP) is 9.17. The van der Waals surface area contributed by atoms with Gasteiger partial charge in [-0.05, 0) is 72.8 Å². The summed E-state index contributed by atoms with van der Waals surface area (Å²) in [7, 11) is 0. The summed E-state index contributed by atoms with van der Waals surface area (Å²) in [6.07, 6.45) is 0. The van der Waals surface area contributed by atoms with Crippen LogP contribution in [0.25, 0.3) is 50.2 Å². The van der Waals surface area contributed by atoms with Gasteiger partial charge in [-0.3, -0.25) is 13.7 Å². The molecule has 0 radical (unpaired) electrons. The second-order valence-corrected chi connectivity index (χ2v) is 11.0. The molecule has 3 heterocycles. The molecule has 0 saturated heterocycles. The normalized spacial score (nSPS) is 11.5. The molecule has 7 heteroatoms. The SMILES string of the molecule is c1ccc(-n2c(N(c3nc4ccccc4n3-c3ccccc3)c3nc4ccccc4n3-c3ccccc3)nc3ccccc32)cc1. The third kappa shape index (κ3) is 4.10. The Morgan fingerprint density at radius 2 is 0.565 bits per heavy atom. The van der Waals surface area contributed by atoms with Crippen LogP contribution in [0.1, 0.15) is 0 Å². The Kier molecular flexibility index (Phi) is 5.99. The van der Waals surface area contributed by atoms with Crippen LogP contribution in [0.5, 0.6) is 0 Å². The lowest BCUT2D eigenvalue weighted by Gasteiger charge is -2.25. The second-order valence-electron chi connectivity index (χ2n) is 11.0. The van der Waals surface area contributed by atoms with Crippen LogP contribution in [0.2, 0.25) is 0 Å². The van der Waals surface area contributed by atoms with Gasteiger partial charge in [-0.25, -0.2) is 19.9 Å². The number of hydrogen-bond acceptors (Lipinski definition) is 4. The summed E-state index contributed by atoms with van der Waals surface area (Å²) < 4.78 is 6.58. The molecule has 0 unspecified atom stereocenters. The predicted molar refractivity (Wildman–Crippen MR) is 185 cm³/mol. The zero-order valence-corrected chi connectivity index (χ0v) is 24.7. The van der Waals surface area contributed by atoms with Crippen LogP contribution in [-0.2, 0) is 0 Å². The molecule has 0 amide bonds. The fourth-order valence-electron chi connectivity index (χ4n) is 6.25. The van der Waals surface area contributed by atoms with Crippen molar-refractivity contribution in [1.82, 2.24) is 28.7 Å². The molecule has 0 spiro atoms. The van der Waals surface area contributed by atoms with Crippen molar-refractivity contribution in [3.05, 3.63) is 164 Å². The minimum absolute atomic E-state index is 0.673. The highest BCUT2D eigenvalue weighted by molar-refractivity contribution is 5.90. The van der Waals surface area contributed by atoms with Crippen molar-refractivity contribution in [2.45, 2.75) is 0 Å². The van der Waals surface area contributed by atoms with Gasteiger partial charge in [-0.2, -0.15) is 0 Å². The smallest absolute Gasteiger partial charge is 0.225 e. The molecule has 0 bridgehead atoms. The third-order valence-corrected chi connectivity index (χ3v) is 8.27. The van der Waals surface area contributed by atoms with Gasteiger partial charge in [0.1, 0.15) is 0 Å². The van der Waals surface area contributed by atoms with Crippen LogP contribution in [0.4, 0.5) is 17.8 Å². The number of benzene rings is 6. The topological polar surface area (TPSA) is 56.7 Å². The van der Waals surface area contributed by atoms with Crippen molar-refractivity contribution in [2.24, 2.45) is 0 Å². The Hall–Kier alpha value is -6.47. The Morgan fingerprint density at radius 1 is 0.304 bits per heavy atom. The van der Waals surface area contributed by atoms with E-state index in [0.29, 0.717) is 17.8 Å². The minimum atomic E-state index is 0.673. The molecular weight excluding hydrogens is 566 g/mol. The zero-order chi connectivity index (χ0) is 30.5. The molecule has 46 heavy (non-hydrogen) atoms. The first-order valence-corrected chi connectivity index (χ1v) is 15.2. The highest BCUT2D eigenvalue weighted by Crippen LogP contribution is 2.41. The summed E-state index contributed by atoms with van der Waals surface area (Å²) in [6.45, 7) is 0. The number of nitrogens with zero attached hydrogens (tertiary/aromatic N) is 7. The molecule has 7 nitrogen and oxygen atoms in total. The van der Waals surface area contributed by atoms with E-state index in [1.165, 1.54) is 0 Å². The summed E-state index contributed by atoms with van der Waals surface area (Å²) in [4.78, 5) is 18.1. The molecular formula is C39H27N7. The molecule has 0 fully saturated rings. The summed E-state index contributed by atoms with van der Waals surface area (Å²) in [5.74, 6) is 2.02. The number of para-hydroxylation sites is 9. The molecule has 0 saturated carbocycles. The first kappa shape index (κ1) is 26.0. The number of fused-ring (bicyclic) bond motifs is 3. The lowest BCUT2D eigenvalue weighted by atomic mass is 10.3. The Bertz CT molecular complexity index is 2200. The van der Waals surface area contributed by atoms with Gasteiger partial charge in [0.05, 0.1) is 33.1 Å². The van der Waals surface area contributed by atoms with Crippen LogP contribution in [0, 0.1) is 0 Å². The molecule has 0 atom stereocenters. The summed E-state index contributed by atoms with van der Waals surface area (Å²) >= 11 is 0. The maximum atomic E-state index is 5.33. The first-order valence-electron chi connectivity index (χ1n) is 15.2. The number of rotatable bonds is 6. The highest BCUT2D eigenvalue weighted by Gasteiger charge is 2.31. The third-order valence-electron chi connectivity index (χ3n) is 8.27. The fourth-order valence-corrected chi connectivity index (χ4v) is 6.25. The summed E-state index contributed by atoms with van der Waals surface area (Å²) in [5.41, 5.74) is 8.53. The van der Waals surface area contributed by atoms with E-state index in [1.54, 1.807) is 0 Å². The monoisotopic (exact) mass is 593 g/mol. The highest BCUT2D eigenvalue weighted by atomic mass is 15.5. The summed E-state index contributed by atoms with van der Waals surface area (Å²) in [6, 6.07) is 55.8. The van der Waals surface area contributed by atoms with Gasteiger partial charge in [0, 0.05) is 17.1 Å². The average molecular weight is 594 g/mol. The molecule has 0 aliphatic rings. The van der Waals surface area contributed by atoms with E-state index in [4.69, 9.17) is 15.0 Å². The van der Waals surface area contributed by atoms with Crippen LogP contribution >= 0.6 is 0 Å². The van der Waals surface area contributed by atoms with Gasteiger partial charge in [0.15, 0.2) is 0 Å². The Labute approximate surface area is 264 Å². The van der Waals surface area contributed by atoms with Crippen LogP contribution < -0.4 is 4.90 Å². The van der Waals surface area contributed by atoms with Crippen molar-refractivity contribution < 1.29 is 0 Å². The van der Waals surface area contributed by atoms with Gasteiger partial charge < -0.3 is 0 Å². The van der Waals surface area contributed by atoms with Crippen molar-refractivity contribution in [2.75, 3.05) is 4.90 Å². The van der Waals surface area contributed by atoms with E-state index in [-0.39, 0.29) is 0 Å². The molecule has 9 rings (SSSR count). The van der Waals surface area contributed by atoms with E-state index in [1.807, 2.05) is 36.4 Å². The van der Waals surface area contributed by atoms with Gasteiger partial charge in [0.2, 0.25) is 17.8 Å². The van der Waals surface area contributed by atoms with E-state index in [2.05, 4.69) is 146 Å². The molecule has 218 valence electrons. The Morgan fingerprint density at radius 3 is 0.870 bits per heavy atom.